The molecule has 1 heterocycles. The number of amidine groups is 1. The minimum Gasteiger partial charge on any atom is -0.365 e. The molecule has 0 bridgehead atoms. The Bertz CT molecular complexity index is 238. The lowest BCUT2D eigenvalue weighted by Crippen LogP contribution is -2.32. The summed E-state index contributed by atoms with van der Waals surface area (Å²) in [5.74, 6) is 1.17. The molecule has 0 radical (unpaired) electrons. The van der Waals surface area contributed by atoms with E-state index in [0.717, 1.165) is 18.3 Å². The van der Waals surface area contributed by atoms with Crippen molar-refractivity contribution in [2.24, 2.45) is 15.8 Å². The highest BCUT2D eigenvalue weighted by atomic mass is 32.2. The van der Waals surface area contributed by atoms with E-state index in [1.54, 1.807) is 0 Å². The summed E-state index contributed by atoms with van der Waals surface area (Å²) in [6.07, 6.45) is 1.19. The Balaban J connectivity index is 2.27. The molecular weight excluding hydrogens is 204 g/mol. The van der Waals surface area contributed by atoms with Crippen LogP contribution in [0.3, 0.4) is 0 Å². The quantitative estimate of drug-likeness (QED) is 0.785. The number of rotatable bonds is 2. The molecule has 0 aliphatic carbocycles. The molecule has 2 nitrogen and oxygen atoms in total. The van der Waals surface area contributed by atoms with E-state index >= 15 is 0 Å². The Hall–Kier alpha value is -0.180. The van der Waals surface area contributed by atoms with Crippen LogP contribution in [0, 0.1) is 10.8 Å². The summed E-state index contributed by atoms with van der Waals surface area (Å²) in [5, 5.41) is 4.57. The average Bonchev–Trinajstić information content (AvgIpc) is 2.06. The Labute approximate surface area is 98.3 Å². The smallest absolute Gasteiger partial charge is 0.156 e. The third kappa shape index (κ3) is 5.45. The SMILES string of the molecule is CC(C)(C)CCNC1=NCC(C)(C)CS1. The fourth-order valence-corrected chi connectivity index (χ4v) is 2.27. The first kappa shape index (κ1) is 12.9. The van der Waals surface area contributed by atoms with E-state index in [2.05, 4.69) is 44.9 Å². The fourth-order valence-electron chi connectivity index (χ4n) is 1.29. The van der Waals surface area contributed by atoms with E-state index in [1.807, 2.05) is 11.8 Å². The molecule has 0 saturated heterocycles. The molecule has 0 saturated carbocycles. The number of hydrogen-bond acceptors (Lipinski definition) is 3. The first-order valence-corrected chi connectivity index (χ1v) is 6.68. The molecule has 0 unspecified atom stereocenters. The van der Waals surface area contributed by atoms with Gasteiger partial charge in [-0.1, -0.05) is 46.4 Å². The number of aliphatic imine (C=N–C) groups is 1. The van der Waals surface area contributed by atoms with Gasteiger partial charge in [-0.2, -0.15) is 0 Å². The monoisotopic (exact) mass is 228 g/mol. The van der Waals surface area contributed by atoms with Crippen LogP contribution in [0.1, 0.15) is 41.0 Å². The van der Waals surface area contributed by atoms with Crippen molar-refractivity contribution in [3.05, 3.63) is 0 Å². The first-order valence-electron chi connectivity index (χ1n) is 5.70. The molecule has 0 spiro atoms. The number of nitrogens with one attached hydrogen (secondary N) is 1. The summed E-state index contributed by atoms with van der Waals surface area (Å²) >= 11 is 1.86. The van der Waals surface area contributed by atoms with E-state index in [4.69, 9.17) is 0 Å². The topological polar surface area (TPSA) is 24.4 Å². The van der Waals surface area contributed by atoms with Gasteiger partial charge in [0.05, 0.1) is 0 Å². The predicted octanol–water partition coefficient (Wildman–Crippen LogP) is 3.14. The lowest BCUT2D eigenvalue weighted by molar-refractivity contribution is 0.377. The zero-order valence-corrected chi connectivity index (χ0v) is 11.5. The van der Waals surface area contributed by atoms with Crippen LogP contribution in [-0.4, -0.2) is 24.0 Å². The van der Waals surface area contributed by atoms with E-state index in [-0.39, 0.29) is 0 Å². The second-order valence-electron chi connectivity index (χ2n) is 6.31. The Morgan fingerprint density at radius 3 is 2.53 bits per heavy atom. The van der Waals surface area contributed by atoms with Gasteiger partial charge in [0.1, 0.15) is 0 Å². The van der Waals surface area contributed by atoms with E-state index < -0.39 is 0 Å². The van der Waals surface area contributed by atoms with Gasteiger partial charge in [0.2, 0.25) is 0 Å². The van der Waals surface area contributed by atoms with Crippen LogP contribution in [-0.2, 0) is 0 Å². The third-order valence-corrected chi connectivity index (χ3v) is 3.87. The Kier molecular flexibility index (Phi) is 4.10. The molecule has 88 valence electrons. The molecule has 1 aliphatic rings. The van der Waals surface area contributed by atoms with Crippen molar-refractivity contribution in [1.29, 1.82) is 0 Å². The second kappa shape index (κ2) is 4.77. The highest BCUT2D eigenvalue weighted by Crippen LogP contribution is 2.27. The van der Waals surface area contributed by atoms with Gasteiger partial charge in [-0.05, 0) is 17.3 Å². The van der Waals surface area contributed by atoms with Gasteiger partial charge in [-0.25, -0.2) is 0 Å². The minimum absolute atomic E-state index is 0.375. The van der Waals surface area contributed by atoms with Crippen LogP contribution in [0.2, 0.25) is 0 Å². The molecule has 3 heteroatoms. The van der Waals surface area contributed by atoms with Crippen molar-refractivity contribution in [3.8, 4) is 0 Å². The minimum atomic E-state index is 0.375. The predicted molar refractivity (Wildman–Crippen MR) is 70.6 cm³/mol. The van der Waals surface area contributed by atoms with Crippen LogP contribution in [0.15, 0.2) is 4.99 Å². The molecule has 0 fully saturated rings. The number of nitrogens with zero attached hydrogens (tertiary/aromatic N) is 1. The molecule has 0 amide bonds. The highest BCUT2D eigenvalue weighted by molar-refractivity contribution is 8.13. The van der Waals surface area contributed by atoms with Crippen molar-refractivity contribution >= 4 is 16.9 Å². The normalized spacial score (nSPS) is 21.0. The van der Waals surface area contributed by atoms with Crippen LogP contribution in [0.5, 0.6) is 0 Å². The van der Waals surface area contributed by atoms with Gasteiger partial charge >= 0.3 is 0 Å². The maximum absolute atomic E-state index is 4.57. The van der Waals surface area contributed by atoms with Crippen molar-refractivity contribution < 1.29 is 0 Å². The molecular formula is C12H24N2S. The third-order valence-electron chi connectivity index (χ3n) is 2.40. The standard InChI is InChI=1S/C12H24N2S/c1-11(2,3)6-7-13-10-14-8-12(4,5)9-15-10/h6-9H2,1-5H3,(H,13,14). The Morgan fingerprint density at radius 1 is 1.40 bits per heavy atom. The summed E-state index contributed by atoms with van der Waals surface area (Å²) in [6, 6.07) is 0. The van der Waals surface area contributed by atoms with Gasteiger partial charge < -0.3 is 5.32 Å². The molecule has 15 heavy (non-hydrogen) atoms. The van der Waals surface area contributed by atoms with E-state index in [0.29, 0.717) is 10.8 Å². The highest BCUT2D eigenvalue weighted by Gasteiger charge is 2.23. The molecule has 1 rings (SSSR count). The largest absolute Gasteiger partial charge is 0.365 e. The molecule has 0 atom stereocenters. The summed E-state index contributed by atoms with van der Waals surface area (Å²) < 4.78 is 0. The number of hydrogen-bond donors (Lipinski definition) is 1. The van der Waals surface area contributed by atoms with Gasteiger partial charge in [-0.3, -0.25) is 4.99 Å². The zero-order valence-electron chi connectivity index (χ0n) is 10.7. The molecule has 0 aromatic heterocycles. The van der Waals surface area contributed by atoms with Crippen LogP contribution in [0.4, 0.5) is 0 Å². The van der Waals surface area contributed by atoms with Crippen molar-refractivity contribution in [2.75, 3.05) is 18.8 Å². The Morgan fingerprint density at radius 2 is 2.07 bits per heavy atom. The van der Waals surface area contributed by atoms with Crippen LogP contribution in [0.25, 0.3) is 0 Å². The van der Waals surface area contributed by atoms with Gasteiger partial charge in [0.25, 0.3) is 0 Å². The van der Waals surface area contributed by atoms with Crippen LogP contribution < -0.4 is 5.32 Å². The maximum atomic E-state index is 4.57. The van der Waals surface area contributed by atoms with Crippen molar-refractivity contribution in [2.45, 2.75) is 41.0 Å². The summed E-state index contributed by atoms with van der Waals surface area (Å²) in [4.78, 5) is 4.57. The maximum Gasteiger partial charge on any atom is 0.156 e. The second-order valence-corrected chi connectivity index (χ2v) is 7.28. The summed E-state index contributed by atoms with van der Waals surface area (Å²) in [6.45, 7) is 13.4. The van der Waals surface area contributed by atoms with E-state index in [9.17, 15) is 0 Å². The van der Waals surface area contributed by atoms with Gasteiger partial charge in [0, 0.05) is 18.8 Å². The average molecular weight is 228 g/mol. The van der Waals surface area contributed by atoms with Gasteiger partial charge in [0.15, 0.2) is 5.17 Å². The molecule has 0 aromatic carbocycles. The van der Waals surface area contributed by atoms with Crippen molar-refractivity contribution in [1.82, 2.24) is 5.32 Å². The lowest BCUT2D eigenvalue weighted by Gasteiger charge is -2.28. The molecule has 1 aliphatic heterocycles. The number of thioether (sulfide) groups is 1. The summed E-state index contributed by atoms with van der Waals surface area (Å²) in [5.41, 5.74) is 0.784. The molecule has 1 N–H and O–H groups in total. The molecule has 0 aromatic rings. The lowest BCUT2D eigenvalue weighted by atomic mass is 9.92. The zero-order chi connectivity index (χ0) is 11.5. The van der Waals surface area contributed by atoms with E-state index in [1.165, 1.54) is 12.2 Å². The first-order chi connectivity index (χ1) is 6.79. The van der Waals surface area contributed by atoms with Crippen LogP contribution >= 0.6 is 11.8 Å². The fraction of sp³-hybridized carbons (Fsp3) is 0.917. The van der Waals surface area contributed by atoms with Gasteiger partial charge in [-0.15, -0.1) is 0 Å². The summed E-state index contributed by atoms with van der Waals surface area (Å²) in [7, 11) is 0. The van der Waals surface area contributed by atoms with Crippen molar-refractivity contribution in [3.63, 3.8) is 0 Å².